The number of rotatable bonds is 5. The van der Waals surface area contributed by atoms with Crippen molar-refractivity contribution in [3.63, 3.8) is 0 Å². The number of aliphatic hydroxyl groups is 2. The lowest BCUT2D eigenvalue weighted by molar-refractivity contribution is -0.127. The molecule has 0 bridgehead atoms. The zero-order valence-corrected chi connectivity index (χ0v) is 16.5. The number of hydrogen-bond donors (Lipinski definition) is 2. The summed E-state index contributed by atoms with van der Waals surface area (Å²) in [4.78, 5) is 6.55. The molecule has 0 aliphatic carbocycles. The van der Waals surface area contributed by atoms with Crippen molar-refractivity contribution in [1.29, 1.82) is 0 Å². The second-order valence-corrected chi connectivity index (χ2v) is 8.27. The van der Waals surface area contributed by atoms with Gasteiger partial charge < -0.3 is 15.1 Å². The first kappa shape index (κ1) is 19.4. The number of hydrogen-bond acceptors (Lipinski definition) is 4. The van der Waals surface area contributed by atoms with Crippen LogP contribution < -0.4 is 0 Å². The first-order valence-corrected chi connectivity index (χ1v) is 9.38. The molecule has 0 saturated carbocycles. The SMILES string of the molecule is CC(C)c1ccc(C(O)(c2cncc(CC#CO)c2)C2(C)CN(C)C2)cc1. The Hall–Kier alpha value is -2.35. The minimum atomic E-state index is -1.15. The van der Waals surface area contributed by atoms with Crippen molar-refractivity contribution in [2.75, 3.05) is 20.1 Å². The van der Waals surface area contributed by atoms with E-state index in [0.29, 0.717) is 12.3 Å². The third-order valence-electron chi connectivity index (χ3n) is 5.69. The number of pyridine rings is 1. The molecule has 0 spiro atoms. The standard InChI is InChI=1S/C23H28N2O2/c1-17(2)19-7-9-20(10-8-19)23(27,22(3)15-25(4)16-22)21-12-18(6-5-11-26)13-24-14-21/h7-10,12-14,17,26-27H,6,15-16H2,1-4H3. The van der Waals surface area contributed by atoms with Crippen LogP contribution in [-0.4, -0.2) is 40.2 Å². The van der Waals surface area contributed by atoms with E-state index in [9.17, 15) is 5.11 Å². The molecular weight excluding hydrogens is 336 g/mol. The normalized spacial score (nSPS) is 18.3. The van der Waals surface area contributed by atoms with Crippen molar-refractivity contribution in [3.05, 3.63) is 65.0 Å². The zero-order valence-electron chi connectivity index (χ0n) is 16.5. The van der Waals surface area contributed by atoms with Gasteiger partial charge in [0.05, 0.1) is 0 Å². The van der Waals surface area contributed by atoms with Crippen LogP contribution >= 0.6 is 0 Å². The summed E-state index contributed by atoms with van der Waals surface area (Å²) in [6, 6.07) is 10.2. The van der Waals surface area contributed by atoms with Gasteiger partial charge in [-0.1, -0.05) is 51.0 Å². The van der Waals surface area contributed by atoms with Gasteiger partial charge in [0, 0.05) is 42.9 Å². The van der Waals surface area contributed by atoms with Crippen molar-refractivity contribution in [2.45, 2.75) is 38.7 Å². The average Bonchev–Trinajstić information content (AvgIpc) is 2.64. The van der Waals surface area contributed by atoms with Crippen molar-refractivity contribution in [3.8, 4) is 12.0 Å². The largest absolute Gasteiger partial charge is 0.462 e. The molecule has 1 atom stereocenters. The molecule has 0 amide bonds. The fourth-order valence-corrected chi connectivity index (χ4v) is 4.27. The summed E-state index contributed by atoms with van der Waals surface area (Å²) in [6.07, 6.45) is 5.81. The van der Waals surface area contributed by atoms with E-state index in [1.54, 1.807) is 12.4 Å². The molecule has 4 nitrogen and oxygen atoms in total. The van der Waals surface area contributed by atoms with Crippen molar-refractivity contribution < 1.29 is 10.2 Å². The third kappa shape index (κ3) is 3.45. The first-order valence-electron chi connectivity index (χ1n) is 9.38. The van der Waals surface area contributed by atoms with Crippen molar-refractivity contribution in [1.82, 2.24) is 9.88 Å². The number of aliphatic hydroxyl groups excluding tert-OH is 1. The molecule has 1 fully saturated rings. The van der Waals surface area contributed by atoms with E-state index in [1.165, 1.54) is 5.56 Å². The summed E-state index contributed by atoms with van der Waals surface area (Å²) >= 11 is 0. The Labute approximate surface area is 161 Å². The highest BCUT2D eigenvalue weighted by molar-refractivity contribution is 5.42. The second kappa shape index (κ2) is 7.34. The fraction of sp³-hybridized carbons (Fsp3) is 0.435. The molecule has 1 aromatic heterocycles. The van der Waals surface area contributed by atoms with Crippen molar-refractivity contribution in [2.24, 2.45) is 5.41 Å². The van der Waals surface area contributed by atoms with E-state index in [1.807, 2.05) is 24.3 Å². The van der Waals surface area contributed by atoms with Crippen LogP contribution in [0.4, 0.5) is 0 Å². The zero-order chi connectivity index (χ0) is 19.7. The van der Waals surface area contributed by atoms with Crippen LogP contribution in [0.3, 0.4) is 0 Å². The molecule has 2 heterocycles. The van der Waals surface area contributed by atoms with E-state index in [4.69, 9.17) is 5.11 Å². The maximum absolute atomic E-state index is 12.1. The lowest BCUT2D eigenvalue weighted by Gasteiger charge is -2.55. The van der Waals surface area contributed by atoms with Gasteiger partial charge in [0.2, 0.25) is 0 Å². The Balaban J connectivity index is 2.09. The highest BCUT2D eigenvalue weighted by atomic mass is 16.3. The Morgan fingerprint density at radius 3 is 2.41 bits per heavy atom. The molecule has 2 N–H and O–H groups in total. The molecule has 1 unspecified atom stereocenters. The van der Waals surface area contributed by atoms with Gasteiger partial charge in [-0.2, -0.15) is 0 Å². The van der Waals surface area contributed by atoms with E-state index in [0.717, 1.165) is 29.8 Å². The quantitative estimate of drug-likeness (QED) is 0.800. The summed E-state index contributed by atoms with van der Waals surface area (Å²) in [5.41, 5.74) is 2.32. The molecule has 0 radical (unpaired) electrons. The summed E-state index contributed by atoms with van der Waals surface area (Å²) < 4.78 is 0. The molecule has 1 aliphatic rings. The maximum atomic E-state index is 12.1. The summed E-state index contributed by atoms with van der Waals surface area (Å²) in [6.45, 7) is 8.06. The lowest BCUT2D eigenvalue weighted by Crippen LogP contribution is -2.63. The molecule has 142 valence electrons. The van der Waals surface area contributed by atoms with Gasteiger partial charge in [0.1, 0.15) is 11.7 Å². The van der Waals surface area contributed by atoms with Crippen LogP contribution in [0.15, 0.2) is 42.7 Å². The van der Waals surface area contributed by atoms with Gasteiger partial charge >= 0.3 is 0 Å². The molecule has 3 rings (SSSR count). The first-order chi connectivity index (χ1) is 12.8. The topological polar surface area (TPSA) is 56.6 Å². The van der Waals surface area contributed by atoms with Crippen LogP contribution in [0.25, 0.3) is 0 Å². The number of nitrogens with zero attached hydrogens (tertiary/aromatic N) is 2. The predicted molar refractivity (Wildman–Crippen MR) is 107 cm³/mol. The fourth-order valence-electron chi connectivity index (χ4n) is 4.27. The van der Waals surface area contributed by atoms with Crippen LogP contribution in [-0.2, 0) is 12.0 Å². The second-order valence-electron chi connectivity index (χ2n) is 8.27. The van der Waals surface area contributed by atoms with E-state index < -0.39 is 5.60 Å². The smallest absolute Gasteiger partial charge is 0.124 e. The average molecular weight is 364 g/mol. The Morgan fingerprint density at radius 1 is 1.19 bits per heavy atom. The monoisotopic (exact) mass is 364 g/mol. The van der Waals surface area contributed by atoms with Crippen LogP contribution in [0.2, 0.25) is 0 Å². The highest BCUT2D eigenvalue weighted by Crippen LogP contribution is 2.50. The molecule has 1 aromatic carbocycles. The summed E-state index contributed by atoms with van der Waals surface area (Å²) in [7, 11) is 2.07. The van der Waals surface area contributed by atoms with Crippen LogP contribution in [0.5, 0.6) is 0 Å². The number of likely N-dealkylation sites (tertiary alicyclic amines) is 1. The minimum absolute atomic E-state index is 0.315. The van der Waals surface area contributed by atoms with Crippen molar-refractivity contribution >= 4 is 0 Å². The summed E-state index contributed by atoms with van der Waals surface area (Å²) in [5, 5.41) is 20.9. The summed E-state index contributed by atoms with van der Waals surface area (Å²) in [5.74, 6) is 3.10. The molecular formula is C23H28N2O2. The van der Waals surface area contributed by atoms with Crippen LogP contribution in [0, 0.1) is 17.4 Å². The van der Waals surface area contributed by atoms with Crippen LogP contribution in [0.1, 0.15) is 48.9 Å². The third-order valence-corrected chi connectivity index (χ3v) is 5.69. The van der Waals surface area contributed by atoms with Gasteiger partial charge in [-0.3, -0.25) is 4.98 Å². The van der Waals surface area contributed by atoms with E-state index in [-0.39, 0.29) is 5.41 Å². The Bertz CT molecular complexity index is 858. The molecule has 27 heavy (non-hydrogen) atoms. The minimum Gasteiger partial charge on any atom is -0.462 e. The van der Waals surface area contributed by atoms with Gasteiger partial charge in [-0.15, -0.1) is 0 Å². The van der Waals surface area contributed by atoms with Gasteiger partial charge in [0.25, 0.3) is 0 Å². The van der Waals surface area contributed by atoms with E-state index in [2.05, 4.69) is 55.8 Å². The van der Waals surface area contributed by atoms with Gasteiger partial charge in [-0.05, 0) is 35.7 Å². The number of aromatic nitrogens is 1. The Kier molecular flexibility index (Phi) is 5.28. The predicted octanol–water partition coefficient (Wildman–Crippen LogP) is 3.27. The Morgan fingerprint density at radius 2 is 1.85 bits per heavy atom. The number of benzene rings is 1. The van der Waals surface area contributed by atoms with E-state index >= 15 is 0 Å². The van der Waals surface area contributed by atoms with Gasteiger partial charge in [-0.25, -0.2) is 0 Å². The van der Waals surface area contributed by atoms with Gasteiger partial charge in [0.15, 0.2) is 0 Å². The highest BCUT2D eigenvalue weighted by Gasteiger charge is 2.55. The molecule has 2 aromatic rings. The molecule has 4 heteroatoms. The lowest BCUT2D eigenvalue weighted by atomic mass is 9.62. The molecule has 1 aliphatic heterocycles. The molecule has 1 saturated heterocycles. The maximum Gasteiger partial charge on any atom is 0.124 e.